The zero-order chi connectivity index (χ0) is 14.5. The van der Waals surface area contributed by atoms with Crippen LogP contribution in [0.15, 0.2) is 0 Å². The van der Waals surface area contributed by atoms with Crippen molar-refractivity contribution in [1.82, 2.24) is 19.9 Å². The number of morpholine rings is 1. The normalized spacial score (nSPS) is 16.6. The number of rotatable bonds is 5. The van der Waals surface area contributed by atoms with Crippen molar-refractivity contribution in [2.24, 2.45) is 0 Å². The number of nitrogens with zero attached hydrogens (tertiary/aromatic N) is 4. The number of carbonyl (C=O) groups is 1. The number of methoxy groups -OCH3 is 1. The molecular formula is C13H22N4O3. The number of ether oxygens (including phenoxy) is 2. The van der Waals surface area contributed by atoms with E-state index in [1.54, 1.807) is 0 Å². The van der Waals surface area contributed by atoms with Gasteiger partial charge in [-0.25, -0.2) is 9.48 Å². The van der Waals surface area contributed by atoms with Crippen LogP contribution >= 0.6 is 0 Å². The van der Waals surface area contributed by atoms with Gasteiger partial charge in [0.25, 0.3) is 0 Å². The van der Waals surface area contributed by atoms with E-state index >= 15 is 0 Å². The Morgan fingerprint density at radius 3 is 2.65 bits per heavy atom. The number of hydrogen-bond acceptors (Lipinski definition) is 6. The van der Waals surface area contributed by atoms with Crippen LogP contribution in [0.25, 0.3) is 0 Å². The van der Waals surface area contributed by atoms with Gasteiger partial charge in [-0.05, 0) is 5.92 Å². The molecule has 0 bridgehead atoms. The van der Waals surface area contributed by atoms with Crippen molar-refractivity contribution in [3.8, 4) is 0 Å². The van der Waals surface area contributed by atoms with Crippen LogP contribution < -0.4 is 0 Å². The molecule has 0 radical (unpaired) electrons. The standard InChI is InChI=1S/C13H22N4O3/c1-10(2)12-11(13(18)19-3)14-15-17(12)5-4-16-6-8-20-9-7-16/h10H,4-9H2,1-3H3. The van der Waals surface area contributed by atoms with E-state index in [1.165, 1.54) is 7.11 Å². The summed E-state index contributed by atoms with van der Waals surface area (Å²) in [6.07, 6.45) is 0. The Hall–Kier alpha value is -1.47. The second-order valence-electron chi connectivity index (χ2n) is 5.15. The second-order valence-corrected chi connectivity index (χ2v) is 5.15. The van der Waals surface area contributed by atoms with Crippen LogP contribution in [0.2, 0.25) is 0 Å². The van der Waals surface area contributed by atoms with Gasteiger partial charge in [0.2, 0.25) is 0 Å². The molecule has 1 saturated heterocycles. The average Bonchev–Trinajstić information content (AvgIpc) is 2.89. The number of esters is 1. The van der Waals surface area contributed by atoms with Crippen LogP contribution in [0.1, 0.15) is 35.9 Å². The summed E-state index contributed by atoms with van der Waals surface area (Å²) in [5, 5.41) is 8.07. The van der Waals surface area contributed by atoms with Gasteiger partial charge in [-0.15, -0.1) is 5.10 Å². The third-order valence-electron chi connectivity index (χ3n) is 3.43. The van der Waals surface area contributed by atoms with Gasteiger partial charge in [0, 0.05) is 19.6 Å². The van der Waals surface area contributed by atoms with Crippen molar-refractivity contribution < 1.29 is 14.3 Å². The summed E-state index contributed by atoms with van der Waals surface area (Å²) >= 11 is 0. The van der Waals surface area contributed by atoms with Gasteiger partial charge in [0.05, 0.1) is 32.6 Å². The monoisotopic (exact) mass is 282 g/mol. The Labute approximate surface area is 118 Å². The molecule has 7 nitrogen and oxygen atoms in total. The number of aromatic nitrogens is 3. The molecule has 0 amide bonds. The molecule has 1 aromatic heterocycles. The van der Waals surface area contributed by atoms with E-state index in [0.29, 0.717) is 5.69 Å². The summed E-state index contributed by atoms with van der Waals surface area (Å²) in [6.45, 7) is 9.09. The van der Waals surface area contributed by atoms with Crippen LogP contribution in [-0.2, 0) is 16.0 Å². The fraction of sp³-hybridized carbons (Fsp3) is 0.769. The van der Waals surface area contributed by atoms with E-state index in [9.17, 15) is 4.79 Å². The molecule has 1 aromatic rings. The van der Waals surface area contributed by atoms with E-state index in [-0.39, 0.29) is 5.92 Å². The molecule has 0 aliphatic carbocycles. The number of carbonyl (C=O) groups excluding carboxylic acids is 1. The van der Waals surface area contributed by atoms with E-state index in [2.05, 4.69) is 15.2 Å². The average molecular weight is 282 g/mol. The van der Waals surface area contributed by atoms with Crippen molar-refractivity contribution in [2.45, 2.75) is 26.3 Å². The van der Waals surface area contributed by atoms with Crippen molar-refractivity contribution >= 4 is 5.97 Å². The van der Waals surface area contributed by atoms with Crippen LogP contribution in [0.3, 0.4) is 0 Å². The van der Waals surface area contributed by atoms with E-state index in [1.807, 2.05) is 18.5 Å². The van der Waals surface area contributed by atoms with Gasteiger partial charge in [-0.3, -0.25) is 4.90 Å². The third kappa shape index (κ3) is 3.34. The smallest absolute Gasteiger partial charge is 0.360 e. The van der Waals surface area contributed by atoms with Crippen molar-refractivity contribution in [3.63, 3.8) is 0 Å². The summed E-state index contributed by atoms with van der Waals surface area (Å²) < 4.78 is 11.9. The molecule has 112 valence electrons. The Kier molecular flexibility index (Phi) is 5.08. The maximum Gasteiger partial charge on any atom is 0.360 e. The second kappa shape index (κ2) is 6.81. The SMILES string of the molecule is COC(=O)c1nnn(CCN2CCOCC2)c1C(C)C. The molecule has 0 spiro atoms. The topological polar surface area (TPSA) is 69.5 Å². The van der Waals surface area contributed by atoms with Crippen molar-refractivity contribution in [3.05, 3.63) is 11.4 Å². The first-order valence-corrected chi connectivity index (χ1v) is 6.95. The van der Waals surface area contributed by atoms with Gasteiger partial charge >= 0.3 is 5.97 Å². The molecule has 0 saturated carbocycles. The summed E-state index contributed by atoms with van der Waals surface area (Å²) in [4.78, 5) is 14.0. The Balaban J connectivity index is 2.06. The van der Waals surface area contributed by atoms with E-state index in [0.717, 1.165) is 45.1 Å². The Bertz CT molecular complexity index is 452. The summed E-state index contributed by atoms with van der Waals surface area (Å²) in [5.41, 5.74) is 1.16. The quantitative estimate of drug-likeness (QED) is 0.733. The van der Waals surface area contributed by atoms with E-state index in [4.69, 9.17) is 9.47 Å². The minimum Gasteiger partial charge on any atom is -0.464 e. The largest absolute Gasteiger partial charge is 0.464 e. The summed E-state index contributed by atoms with van der Waals surface area (Å²) in [7, 11) is 1.36. The van der Waals surface area contributed by atoms with E-state index < -0.39 is 5.97 Å². The number of hydrogen-bond donors (Lipinski definition) is 0. The van der Waals surface area contributed by atoms with Crippen LogP contribution in [0, 0.1) is 0 Å². The first kappa shape index (κ1) is 14.9. The highest BCUT2D eigenvalue weighted by Gasteiger charge is 2.23. The summed E-state index contributed by atoms with van der Waals surface area (Å²) in [6, 6.07) is 0. The highest BCUT2D eigenvalue weighted by Crippen LogP contribution is 2.18. The molecule has 0 N–H and O–H groups in total. The molecule has 2 rings (SSSR count). The highest BCUT2D eigenvalue weighted by molar-refractivity contribution is 5.88. The van der Waals surface area contributed by atoms with Gasteiger partial charge in [-0.1, -0.05) is 19.1 Å². The molecule has 2 heterocycles. The third-order valence-corrected chi connectivity index (χ3v) is 3.43. The fourth-order valence-corrected chi connectivity index (χ4v) is 2.36. The molecule has 20 heavy (non-hydrogen) atoms. The predicted molar refractivity (Wildman–Crippen MR) is 72.7 cm³/mol. The molecule has 7 heteroatoms. The molecule has 0 aromatic carbocycles. The van der Waals surface area contributed by atoms with Crippen LogP contribution in [0.4, 0.5) is 0 Å². The molecule has 0 unspecified atom stereocenters. The van der Waals surface area contributed by atoms with Gasteiger partial charge in [0.15, 0.2) is 5.69 Å². The molecule has 0 atom stereocenters. The fourth-order valence-electron chi connectivity index (χ4n) is 2.36. The predicted octanol–water partition coefficient (Wildman–Crippen LogP) is 0.520. The zero-order valence-corrected chi connectivity index (χ0v) is 12.3. The lowest BCUT2D eigenvalue weighted by molar-refractivity contribution is 0.0358. The van der Waals surface area contributed by atoms with Crippen molar-refractivity contribution in [2.75, 3.05) is 40.0 Å². The van der Waals surface area contributed by atoms with Crippen LogP contribution in [-0.4, -0.2) is 65.8 Å². The van der Waals surface area contributed by atoms with Crippen molar-refractivity contribution in [1.29, 1.82) is 0 Å². The molecule has 1 aliphatic heterocycles. The zero-order valence-electron chi connectivity index (χ0n) is 12.3. The Morgan fingerprint density at radius 1 is 1.35 bits per heavy atom. The molecule has 1 fully saturated rings. The molecular weight excluding hydrogens is 260 g/mol. The summed E-state index contributed by atoms with van der Waals surface area (Å²) in [5.74, 6) is -0.255. The lowest BCUT2D eigenvalue weighted by Crippen LogP contribution is -2.38. The minimum absolute atomic E-state index is 0.170. The Morgan fingerprint density at radius 2 is 2.05 bits per heavy atom. The maximum absolute atomic E-state index is 11.7. The first-order valence-electron chi connectivity index (χ1n) is 6.95. The first-order chi connectivity index (χ1) is 9.63. The maximum atomic E-state index is 11.7. The van der Waals surface area contributed by atoms with Gasteiger partial charge < -0.3 is 9.47 Å². The molecule has 1 aliphatic rings. The van der Waals surface area contributed by atoms with Crippen LogP contribution in [0.5, 0.6) is 0 Å². The lowest BCUT2D eigenvalue weighted by atomic mass is 10.1. The minimum atomic E-state index is -0.425. The lowest BCUT2D eigenvalue weighted by Gasteiger charge is -2.26. The van der Waals surface area contributed by atoms with Gasteiger partial charge in [0.1, 0.15) is 0 Å². The highest BCUT2D eigenvalue weighted by atomic mass is 16.5. The van der Waals surface area contributed by atoms with Gasteiger partial charge in [-0.2, -0.15) is 0 Å².